The Morgan fingerprint density at radius 3 is 2.45 bits per heavy atom. The third-order valence-electron chi connectivity index (χ3n) is 5.42. The van der Waals surface area contributed by atoms with Gasteiger partial charge in [0.05, 0.1) is 17.4 Å². The van der Waals surface area contributed by atoms with E-state index in [1.807, 2.05) is 4.90 Å². The van der Waals surface area contributed by atoms with Crippen LogP contribution in [0, 0.1) is 5.92 Å². The summed E-state index contributed by atoms with van der Waals surface area (Å²) in [6.07, 6.45) is -1.28. The first kappa shape index (κ1) is 21.2. The Morgan fingerprint density at radius 2 is 1.84 bits per heavy atom. The Morgan fingerprint density at radius 1 is 1.06 bits per heavy atom. The van der Waals surface area contributed by atoms with Gasteiger partial charge in [0.15, 0.2) is 5.82 Å². The molecule has 0 unspecified atom stereocenters. The first-order chi connectivity index (χ1) is 14.8. The lowest BCUT2D eigenvalue weighted by molar-refractivity contribution is -0.137. The highest BCUT2D eigenvalue weighted by Crippen LogP contribution is 2.32. The number of aliphatic hydroxyl groups excluding tert-OH is 2. The van der Waals surface area contributed by atoms with Crippen molar-refractivity contribution in [2.24, 2.45) is 5.92 Å². The number of benzene rings is 1. The predicted octanol–water partition coefficient (Wildman–Crippen LogP) is 3.40. The number of pyridine rings is 1. The molecule has 4 rings (SSSR count). The molecular formula is C22H21F3N4O2. The third kappa shape index (κ3) is 4.67. The van der Waals surface area contributed by atoms with Gasteiger partial charge in [-0.3, -0.25) is 4.98 Å². The van der Waals surface area contributed by atoms with E-state index in [-0.39, 0.29) is 12.5 Å². The van der Waals surface area contributed by atoms with Gasteiger partial charge in [-0.25, -0.2) is 9.97 Å². The van der Waals surface area contributed by atoms with E-state index in [1.54, 1.807) is 30.6 Å². The predicted molar refractivity (Wildman–Crippen MR) is 109 cm³/mol. The SMILES string of the molecule is OC[C@@H]1CCN(c2cc(-c3ccc(C(F)(F)F)cc3)nc(-c3cccnc3)n2)C[C@@H]1O. The van der Waals surface area contributed by atoms with E-state index in [0.717, 1.165) is 12.1 Å². The molecule has 1 aliphatic rings. The second-order valence-corrected chi connectivity index (χ2v) is 7.50. The number of aliphatic hydroxyl groups is 2. The Kier molecular flexibility index (Phi) is 5.88. The van der Waals surface area contributed by atoms with Crippen molar-refractivity contribution >= 4 is 5.82 Å². The lowest BCUT2D eigenvalue weighted by Gasteiger charge is -2.36. The van der Waals surface area contributed by atoms with Crippen LogP contribution in [0.3, 0.4) is 0 Å². The number of β-amino-alcohol motifs (C(OH)–C–C–N with tert-alkyl or cyclic N) is 1. The normalized spacial score (nSPS) is 19.5. The van der Waals surface area contributed by atoms with Gasteiger partial charge in [-0.05, 0) is 30.7 Å². The van der Waals surface area contributed by atoms with Gasteiger partial charge in [0.2, 0.25) is 0 Å². The maximum absolute atomic E-state index is 12.9. The number of nitrogens with zero attached hydrogens (tertiary/aromatic N) is 4. The third-order valence-corrected chi connectivity index (χ3v) is 5.42. The van der Waals surface area contributed by atoms with Crippen molar-refractivity contribution in [2.75, 3.05) is 24.6 Å². The smallest absolute Gasteiger partial charge is 0.396 e. The van der Waals surface area contributed by atoms with Crippen molar-refractivity contribution in [1.29, 1.82) is 0 Å². The van der Waals surface area contributed by atoms with Gasteiger partial charge in [0.1, 0.15) is 5.82 Å². The summed E-state index contributed by atoms with van der Waals surface area (Å²) in [6, 6.07) is 10.1. The molecule has 1 aromatic carbocycles. The summed E-state index contributed by atoms with van der Waals surface area (Å²) in [6.45, 7) is 0.788. The second-order valence-electron chi connectivity index (χ2n) is 7.50. The molecule has 0 spiro atoms. The Balaban J connectivity index is 1.74. The van der Waals surface area contributed by atoms with Crippen LogP contribution in [0.1, 0.15) is 12.0 Å². The molecule has 9 heteroatoms. The summed E-state index contributed by atoms with van der Waals surface area (Å²) in [7, 11) is 0. The molecule has 0 bridgehead atoms. The number of hydrogen-bond donors (Lipinski definition) is 2. The first-order valence-electron chi connectivity index (χ1n) is 9.86. The second kappa shape index (κ2) is 8.60. The fourth-order valence-electron chi connectivity index (χ4n) is 3.60. The molecule has 3 aromatic rings. The fourth-order valence-corrected chi connectivity index (χ4v) is 3.60. The van der Waals surface area contributed by atoms with E-state index in [4.69, 9.17) is 0 Å². The van der Waals surface area contributed by atoms with Gasteiger partial charge in [-0.1, -0.05) is 12.1 Å². The zero-order valence-corrected chi connectivity index (χ0v) is 16.5. The molecule has 1 aliphatic heterocycles. The van der Waals surface area contributed by atoms with Crippen LogP contribution in [0.15, 0.2) is 54.9 Å². The van der Waals surface area contributed by atoms with E-state index in [1.165, 1.54) is 12.1 Å². The number of halogens is 3. The molecule has 0 saturated carbocycles. The summed E-state index contributed by atoms with van der Waals surface area (Å²) < 4.78 is 38.8. The van der Waals surface area contributed by atoms with E-state index in [9.17, 15) is 23.4 Å². The highest BCUT2D eigenvalue weighted by Gasteiger charge is 2.30. The standard InChI is InChI=1S/C22H21F3N4O2/c23-22(24,25)17-5-3-14(4-6-17)18-10-20(29-9-7-16(13-30)19(31)12-29)28-21(27-18)15-2-1-8-26-11-15/h1-6,8,10-11,16,19,30-31H,7,9,12-13H2/t16-,19-/m0/s1. The molecule has 1 fully saturated rings. The number of aromatic nitrogens is 3. The Bertz CT molecular complexity index is 1030. The zero-order valence-electron chi connectivity index (χ0n) is 16.5. The molecule has 2 atom stereocenters. The van der Waals surface area contributed by atoms with Crippen LogP contribution in [0.4, 0.5) is 19.0 Å². The zero-order chi connectivity index (χ0) is 22.0. The van der Waals surface area contributed by atoms with Crippen molar-refractivity contribution in [3.05, 3.63) is 60.4 Å². The summed E-state index contributed by atoms with van der Waals surface area (Å²) in [5, 5.41) is 19.7. The summed E-state index contributed by atoms with van der Waals surface area (Å²) in [5.74, 6) is 0.753. The first-order valence-corrected chi connectivity index (χ1v) is 9.86. The van der Waals surface area contributed by atoms with Gasteiger partial charge in [-0.2, -0.15) is 13.2 Å². The van der Waals surface area contributed by atoms with Gasteiger partial charge in [0.25, 0.3) is 0 Å². The number of hydrogen-bond acceptors (Lipinski definition) is 6. The van der Waals surface area contributed by atoms with E-state index < -0.39 is 17.8 Å². The maximum atomic E-state index is 12.9. The van der Waals surface area contributed by atoms with Crippen LogP contribution in [0.2, 0.25) is 0 Å². The lowest BCUT2D eigenvalue weighted by atomic mass is 9.95. The quantitative estimate of drug-likeness (QED) is 0.660. The molecule has 0 radical (unpaired) electrons. The van der Waals surface area contributed by atoms with Crippen LogP contribution in [-0.2, 0) is 6.18 Å². The van der Waals surface area contributed by atoms with Crippen molar-refractivity contribution in [3.63, 3.8) is 0 Å². The largest absolute Gasteiger partial charge is 0.416 e. The average molecular weight is 430 g/mol. The molecule has 6 nitrogen and oxygen atoms in total. The summed E-state index contributed by atoms with van der Waals surface area (Å²) in [5.41, 5.74) is 0.930. The van der Waals surface area contributed by atoms with Gasteiger partial charge in [-0.15, -0.1) is 0 Å². The molecule has 2 N–H and O–H groups in total. The molecule has 31 heavy (non-hydrogen) atoms. The average Bonchev–Trinajstić information content (AvgIpc) is 2.79. The highest BCUT2D eigenvalue weighted by atomic mass is 19.4. The van der Waals surface area contributed by atoms with Crippen molar-refractivity contribution in [2.45, 2.75) is 18.7 Å². The minimum atomic E-state index is -4.41. The Labute approximate surface area is 177 Å². The summed E-state index contributed by atoms with van der Waals surface area (Å²) in [4.78, 5) is 15.2. The van der Waals surface area contributed by atoms with Crippen LogP contribution in [0.25, 0.3) is 22.6 Å². The molecular weight excluding hydrogens is 409 g/mol. The van der Waals surface area contributed by atoms with Crippen molar-refractivity contribution in [3.8, 4) is 22.6 Å². The molecule has 3 heterocycles. The fraction of sp³-hybridized carbons (Fsp3) is 0.318. The highest BCUT2D eigenvalue weighted by molar-refractivity contribution is 5.68. The molecule has 2 aromatic heterocycles. The van der Waals surface area contributed by atoms with Gasteiger partial charge < -0.3 is 15.1 Å². The molecule has 0 aliphatic carbocycles. The number of alkyl halides is 3. The van der Waals surface area contributed by atoms with Crippen molar-refractivity contribution < 1.29 is 23.4 Å². The summed E-state index contributed by atoms with van der Waals surface area (Å²) >= 11 is 0. The van der Waals surface area contributed by atoms with Crippen LogP contribution in [0.5, 0.6) is 0 Å². The molecule has 0 amide bonds. The van der Waals surface area contributed by atoms with Gasteiger partial charge >= 0.3 is 6.18 Å². The van der Waals surface area contributed by atoms with E-state index in [0.29, 0.717) is 48.0 Å². The van der Waals surface area contributed by atoms with E-state index in [2.05, 4.69) is 15.0 Å². The van der Waals surface area contributed by atoms with Crippen molar-refractivity contribution in [1.82, 2.24) is 15.0 Å². The van der Waals surface area contributed by atoms with Crippen LogP contribution in [-0.4, -0.2) is 51.0 Å². The van der Waals surface area contributed by atoms with Gasteiger partial charge in [0, 0.05) is 55.2 Å². The van der Waals surface area contributed by atoms with E-state index >= 15 is 0 Å². The number of anilines is 1. The minimum Gasteiger partial charge on any atom is -0.396 e. The molecule has 162 valence electrons. The molecule has 1 saturated heterocycles. The topological polar surface area (TPSA) is 82.4 Å². The van der Waals surface area contributed by atoms with Crippen LogP contribution >= 0.6 is 0 Å². The van der Waals surface area contributed by atoms with Crippen LogP contribution < -0.4 is 4.90 Å². The maximum Gasteiger partial charge on any atom is 0.416 e. The number of rotatable bonds is 4. The number of piperidine rings is 1. The Hall–Kier alpha value is -3.04. The minimum absolute atomic E-state index is 0.0868. The monoisotopic (exact) mass is 430 g/mol. The lowest BCUT2D eigenvalue weighted by Crippen LogP contribution is -2.45.